The summed E-state index contributed by atoms with van der Waals surface area (Å²) in [4.78, 5) is 16.4. The molecule has 0 bridgehead atoms. The molecule has 27 heavy (non-hydrogen) atoms. The predicted molar refractivity (Wildman–Crippen MR) is 113 cm³/mol. The summed E-state index contributed by atoms with van der Waals surface area (Å²) in [5.41, 5.74) is 4.24. The Labute approximate surface area is 170 Å². The fraction of sp³-hybridized carbons (Fsp3) is 0.211. The van der Waals surface area contributed by atoms with E-state index in [4.69, 9.17) is 16.3 Å². The van der Waals surface area contributed by atoms with Crippen molar-refractivity contribution in [1.82, 2.24) is 10.4 Å². The average molecular weight is 420 g/mol. The molecule has 0 saturated carbocycles. The van der Waals surface area contributed by atoms with Crippen molar-refractivity contribution < 1.29 is 9.53 Å². The molecule has 2 aromatic carbocycles. The van der Waals surface area contributed by atoms with Gasteiger partial charge in [-0.25, -0.2) is 10.4 Å². The molecule has 0 atom stereocenters. The first kappa shape index (κ1) is 19.7. The number of rotatable bonds is 7. The number of aromatic nitrogens is 1. The highest BCUT2D eigenvalue weighted by Gasteiger charge is 2.07. The lowest BCUT2D eigenvalue weighted by Crippen LogP contribution is -2.19. The van der Waals surface area contributed by atoms with Gasteiger partial charge in [-0.3, -0.25) is 4.79 Å². The summed E-state index contributed by atoms with van der Waals surface area (Å²) >= 11 is 9.15. The van der Waals surface area contributed by atoms with Gasteiger partial charge in [0.2, 0.25) is 0 Å². The van der Waals surface area contributed by atoms with Gasteiger partial charge in [0.15, 0.2) is 4.34 Å². The first-order valence-corrected chi connectivity index (χ1v) is 10.5. The Morgan fingerprint density at radius 1 is 1.37 bits per heavy atom. The molecule has 1 aromatic heterocycles. The summed E-state index contributed by atoms with van der Waals surface area (Å²) in [6.45, 7) is 3.88. The number of hydrogen-bond acceptors (Lipinski definition) is 6. The SMILES string of the molecule is CC(C)Oc1ccc(/C=N\NC(=O)CSc2nc3ccccc3s2)cc1Cl. The maximum atomic E-state index is 11.9. The molecule has 5 nitrogen and oxygen atoms in total. The zero-order valence-electron chi connectivity index (χ0n) is 14.8. The minimum absolute atomic E-state index is 0.0502. The quantitative estimate of drug-likeness (QED) is 0.333. The van der Waals surface area contributed by atoms with Crippen molar-refractivity contribution in [3.63, 3.8) is 0 Å². The van der Waals surface area contributed by atoms with Crippen LogP contribution in [0, 0.1) is 0 Å². The maximum absolute atomic E-state index is 11.9. The molecule has 8 heteroatoms. The van der Waals surface area contributed by atoms with Crippen molar-refractivity contribution in [3.8, 4) is 5.75 Å². The lowest BCUT2D eigenvalue weighted by Gasteiger charge is -2.11. The number of fused-ring (bicyclic) bond motifs is 1. The van der Waals surface area contributed by atoms with Crippen LogP contribution in [-0.2, 0) is 4.79 Å². The van der Waals surface area contributed by atoms with Crippen molar-refractivity contribution in [3.05, 3.63) is 53.1 Å². The van der Waals surface area contributed by atoms with Crippen LogP contribution >= 0.6 is 34.7 Å². The number of ether oxygens (including phenoxy) is 1. The Bertz CT molecular complexity index is 939. The van der Waals surface area contributed by atoms with E-state index in [1.165, 1.54) is 11.8 Å². The molecule has 0 spiro atoms. The zero-order valence-corrected chi connectivity index (χ0v) is 17.2. The van der Waals surface area contributed by atoms with Gasteiger partial charge in [-0.05, 0) is 49.7 Å². The molecule has 0 unspecified atom stereocenters. The van der Waals surface area contributed by atoms with Gasteiger partial charge < -0.3 is 4.74 Å². The van der Waals surface area contributed by atoms with E-state index in [0.717, 1.165) is 20.1 Å². The number of benzene rings is 2. The minimum atomic E-state index is -0.193. The van der Waals surface area contributed by atoms with Gasteiger partial charge in [0.1, 0.15) is 5.75 Å². The van der Waals surface area contributed by atoms with Crippen LogP contribution in [0.4, 0.5) is 0 Å². The summed E-state index contributed by atoms with van der Waals surface area (Å²) in [6.07, 6.45) is 1.60. The molecule has 0 aliphatic rings. The van der Waals surface area contributed by atoms with Crippen molar-refractivity contribution >= 4 is 57.0 Å². The number of thiazole rings is 1. The summed E-state index contributed by atoms with van der Waals surface area (Å²) in [5, 5.41) is 4.48. The standard InChI is InChI=1S/C19H18ClN3O2S2/c1-12(2)25-16-8-7-13(9-14(16)20)10-21-23-18(24)11-26-19-22-15-5-3-4-6-17(15)27-19/h3-10,12H,11H2,1-2H3,(H,23,24)/b21-10-. The number of carbonyl (C=O) groups is 1. The maximum Gasteiger partial charge on any atom is 0.250 e. The molecule has 1 heterocycles. The van der Waals surface area contributed by atoms with Crippen molar-refractivity contribution in [1.29, 1.82) is 0 Å². The Morgan fingerprint density at radius 3 is 2.93 bits per heavy atom. The molecule has 0 aliphatic carbocycles. The van der Waals surface area contributed by atoms with Gasteiger partial charge in [-0.15, -0.1) is 11.3 Å². The highest BCUT2D eigenvalue weighted by molar-refractivity contribution is 8.01. The monoisotopic (exact) mass is 419 g/mol. The van der Waals surface area contributed by atoms with E-state index in [1.807, 2.05) is 44.2 Å². The van der Waals surface area contributed by atoms with Crippen LogP contribution in [0.1, 0.15) is 19.4 Å². The fourth-order valence-corrected chi connectivity index (χ4v) is 4.29. The van der Waals surface area contributed by atoms with E-state index >= 15 is 0 Å². The fourth-order valence-electron chi connectivity index (χ4n) is 2.20. The van der Waals surface area contributed by atoms with Crippen LogP contribution in [0.2, 0.25) is 5.02 Å². The summed E-state index contributed by atoms with van der Waals surface area (Å²) in [5.74, 6) is 0.681. The number of carbonyl (C=O) groups excluding carboxylic acids is 1. The second-order valence-corrected chi connectivity index (χ2v) is 8.55. The normalized spacial score (nSPS) is 11.4. The lowest BCUT2D eigenvalue weighted by atomic mass is 10.2. The Morgan fingerprint density at radius 2 is 2.19 bits per heavy atom. The van der Waals surface area contributed by atoms with Gasteiger partial charge in [-0.2, -0.15) is 5.10 Å². The third-order valence-corrected chi connectivity index (χ3v) is 5.80. The van der Waals surface area contributed by atoms with Crippen LogP contribution < -0.4 is 10.2 Å². The number of halogens is 1. The van der Waals surface area contributed by atoms with Crippen LogP contribution in [0.15, 0.2) is 51.9 Å². The first-order chi connectivity index (χ1) is 13.0. The Hall–Kier alpha value is -2.09. The molecule has 3 aromatic rings. The first-order valence-electron chi connectivity index (χ1n) is 8.28. The van der Waals surface area contributed by atoms with Gasteiger partial charge in [0.05, 0.1) is 33.3 Å². The third-order valence-electron chi connectivity index (χ3n) is 3.32. The van der Waals surface area contributed by atoms with E-state index < -0.39 is 0 Å². The molecule has 1 amide bonds. The number of hydrogen-bond donors (Lipinski definition) is 1. The van der Waals surface area contributed by atoms with Crippen LogP contribution in [-0.4, -0.2) is 29.0 Å². The van der Waals surface area contributed by atoms with Gasteiger partial charge >= 0.3 is 0 Å². The second kappa shape index (κ2) is 9.21. The highest BCUT2D eigenvalue weighted by atomic mass is 35.5. The molecule has 0 aliphatic heterocycles. The number of thioether (sulfide) groups is 1. The average Bonchev–Trinajstić information content (AvgIpc) is 3.05. The smallest absolute Gasteiger partial charge is 0.250 e. The van der Waals surface area contributed by atoms with E-state index in [-0.39, 0.29) is 17.8 Å². The highest BCUT2D eigenvalue weighted by Crippen LogP contribution is 2.29. The summed E-state index contributed by atoms with van der Waals surface area (Å²) in [6, 6.07) is 13.3. The predicted octanol–water partition coefficient (Wildman–Crippen LogP) is 4.98. The third kappa shape index (κ3) is 5.69. The Balaban J connectivity index is 1.50. The van der Waals surface area contributed by atoms with E-state index in [9.17, 15) is 4.79 Å². The second-order valence-electron chi connectivity index (χ2n) is 5.89. The topological polar surface area (TPSA) is 63.6 Å². The number of nitrogens with zero attached hydrogens (tertiary/aromatic N) is 2. The molecule has 0 radical (unpaired) electrons. The molecule has 0 saturated heterocycles. The zero-order chi connectivity index (χ0) is 19.2. The molecular formula is C19H18ClN3O2S2. The molecule has 0 fully saturated rings. The van der Waals surface area contributed by atoms with E-state index in [1.54, 1.807) is 29.7 Å². The van der Waals surface area contributed by atoms with E-state index in [0.29, 0.717) is 10.8 Å². The van der Waals surface area contributed by atoms with Crippen molar-refractivity contribution in [2.24, 2.45) is 5.10 Å². The van der Waals surface area contributed by atoms with Crippen molar-refractivity contribution in [2.75, 3.05) is 5.75 Å². The largest absolute Gasteiger partial charge is 0.489 e. The van der Waals surface area contributed by atoms with E-state index in [2.05, 4.69) is 15.5 Å². The van der Waals surface area contributed by atoms with Gasteiger partial charge in [0, 0.05) is 0 Å². The number of nitrogens with one attached hydrogen (secondary N) is 1. The van der Waals surface area contributed by atoms with Crippen LogP contribution in [0.5, 0.6) is 5.75 Å². The van der Waals surface area contributed by atoms with Gasteiger partial charge in [0.25, 0.3) is 5.91 Å². The number of amides is 1. The summed E-state index contributed by atoms with van der Waals surface area (Å²) in [7, 11) is 0. The molecule has 3 rings (SSSR count). The number of para-hydroxylation sites is 1. The molecular weight excluding hydrogens is 402 g/mol. The lowest BCUT2D eigenvalue weighted by molar-refractivity contribution is -0.118. The Kier molecular flexibility index (Phi) is 6.71. The van der Waals surface area contributed by atoms with Gasteiger partial charge in [-0.1, -0.05) is 35.5 Å². The van der Waals surface area contributed by atoms with Crippen LogP contribution in [0.25, 0.3) is 10.2 Å². The molecule has 140 valence electrons. The number of hydrazone groups is 1. The summed E-state index contributed by atoms with van der Waals surface area (Å²) < 4.78 is 7.56. The molecule has 1 N–H and O–H groups in total. The minimum Gasteiger partial charge on any atom is -0.489 e. The van der Waals surface area contributed by atoms with Crippen molar-refractivity contribution in [2.45, 2.75) is 24.3 Å². The van der Waals surface area contributed by atoms with Crippen LogP contribution in [0.3, 0.4) is 0 Å².